The Labute approximate surface area is 104 Å². The number of carbonyl (C=O) groups excluding carboxylic acids is 1. The fraction of sp³-hybridized carbons (Fsp3) is 0.917. The van der Waals surface area contributed by atoms with Gasteiger partial charge in [0, 0.05) is 31.7 Å². The van der Waals surface area contributed by atoms with Crippen molar-refractivity contribution >= 4 is 5.97 Å². The smallest absolute Gasteiger partial charge is 0.326 e. The summed E-state index contributed by atoms with van der Waals surface area (Å²) >= 11 is 0. The van der Waals surface area contributed by atoms with Gasteiger partial charge in [0.1, 0.15) is 5.54 Å². The molecule has 1 aliphatic rings. The van der Waals surface area contributed by atoms with Gasteiger partial charge in [0.05, 0.1) is 7.11 Å². The molecule has 0 bridgehead atoms. The van der Waals surface area contributed by atoms with Gasteiger partial charge in [-0.15, -0.1) is 0 Å². The summed E-state index contributed by atoms with van der Waals surface area (Å²) in [5.41, 5.74) is 5.07. The molecule has 1 saturated heterocycles. The molecule has 1 fully saturated rings. The number of nitrogens with two attached hydrogens (primary N) is 1. The van der Waals surface area contributed by atoms with Gasteiger partial charge >= 0.3 is 5.97 Å². The quantitative estimate of drug-likeness (QED) is 0.702. The lowest BCUT2D eigenvalue weighted by Crippen LogP contribution is -2.61. The zero-order valence-electron chi connectivity index (χ0n) is 11.6. The molecular formula is C12H25N3O2. The number of rotatable bonds is 3. The number of hydrogen-bond acceptors (Lipinski definition) is 5. The van der Waals surface area contributed by atoms with E-state index in [0.29, 0.717) is 18.6 Å². The monoisotopic (exact) mass is 243 g/mol. The van der Waals surface area contributed by atoms with E-state index >= 15 is 0 Å². The van der Waals surface area contributed by atoms with Crippen LogP contribution in [-0.2, 0) is 9.53 Å². The molecule has 1 rings (SSSR count). The van der Waals surface area contributed by atoms with Crippen LogP contribution in [0.1, 0.15) is 20.8 Å². The Morgan fingerprint density at radius 3 is 2.29 bits per heavy atom. The highest BCUT2D eigenvalue weighted by Gasteiger charge is 2.35. The fourth-order valence-corrected chi connectivity index (χ4v) is 2.41. The van der Waals surface area contributed by atoms with Crippen molar-refractivity contribution in [2.75, 3.05) is 33.8 Å². The predicted octanol–water partition coefficient (Wildman–Crippen LogP) is -0.0988. The van der Waals surface area contributed by atoms with Gasteiger partial charge in [0.25, 0.3) is 0 Å². The number of esters is 1. The highest BCUT2D eigenvalue weighted by Crippen LogP contribution is 2.15. The van der Waals surface area contributed by atoms with Crippen LogP contribution < -0.4 is 5.73 Å². The molecule has 5 heteroatoms. The van der Waals surface area contributed by atoms with Crippen molar-refractivity contribution in [3.63, 3.8) is 0 Å². The second-order valence-electron chi connectivity index (χ2n) is 5.47. The minimum Gasteiger partial charge on any atom is -0.468 e. The molecule has 3 unspecified atom stereocenters. The number of methoxy groups -OCH3 is 1. The first-order valence-electron chi connectivity index (χ1n) is 6.09. The van der Waals surface area contributed by atoms with E-state index in [1.165, 1.54) is 7.11 Å². The Kier molecular flexibility index (Phi) is 4.52. The van der Waals surface area contributed by atoms with E-state index in [2.05, 4.69) is 30.7 Å². The van der Waals surface area contributed by atoms with Crippen LogP contribution in [-0.4, -0.2) is 67.2 Å². The van der Waals surface area contributed by atoms with E-state index in [0.717, 1.165) is 13.1 Å². The van der Waals surface area contributed by atoms with Gasteiger partial charge in [-0.05, 0) is 27.8 Å². The lowest BCUT2D eigenvalue weighted by molar-refractivity contribution is -0.147. The van der Waals surface area contributed by atoms with Crippen LogP contribution in [0.15, 0.2) is 0 Å². The molecule has 0 aliphatic carbocycles. The first-order valence-corrected chi connectivity index (χ1v) is 6.09. The maximum absolute atomic E-state index is 11.6. The van der Waals surface area contributed by atoms with Gasteiger partial charge in [-0.25, -0.2) is 0 Å². The lowest BCUT2D eigenvalue weighted by Gasteiger charge is -2.44. The van der Waals surface area contributed by atoms with Crippen molar-refractivity contribution in [3.05, 3.63) is 0 Å². The molecule has 1 heterocycles. The summed E-state index contributed by atoms with van der Waals surface area (Å²) in [5.74, 6) is -0.350. The average Bonchev–Trinajstić information content (AvgIpc) is 2.24. The number of ether oxygens (including phenoxy) is 1. The number of likely N-dealkylation sites (N-methyl/N-ethyl adjacent to an activating group) is 1. The SMILES string of the molecule is COC(=O)C(C)(N)CN1CC(C)N(C)C(C)C1. The van der Waals surface area contributed by atoms with E-state index in [1.807, 2.05) is 0 Å². The Bertz CT molecular complexity index is 269. The zero-order valence-corrected chi connectivity index (χ0v) is 11.6. The second kappa shape index (κ2) is 5.33. The minimum atomic E-state index is -0.926. The van der Waals surface area contributed by atoms with E-state index in [1.54, 1.807) is 6.92 Å². The van der Waals surface area contributed by atoms with Crippen molar-refractivity contribution in [1.82, 2.24) is 9.80 Å². The molecule has 0 aromatic heterocycles. The lowest BCUT2D eigenvalue weighted by atomic mass is 10.0. The molecule has 0 amide bonds. The maximum Gasteiger partial charge on any atom is 0.326 e. The normalized spacial score (nSPS) is 30.9. The van der Waals surface area contributed by atoms with Gasteiger partial charge in [0.2, 0.25) is 0 Å². The fourth-order valence-electron chi connectivity index (χ4n) is 2.41. The van der Waals surface area contributed by atoms with Crippen molar-refractivity contribution in [2.45, 2.75) is 38.4 Å². The van der Waals surface area contributed by atoms with Crippen LogP contribution in [0.5, 0.6) is 0 Å². The largest absolute Gasteiger partial charge is 0.468 e. The van der Waals surface area contributed by atoms with Crippen LogP contribution in [0.3, 0.4) is 0 Å². The Balaban J connectivity index is 2.61. The average molecular weight is 243 g/mol. The highest BCUT2D eigenvalue weighted by atomic mass is 16.5. The standard InChI is InChI=1S/C12H25N3O2/c1-9-6-15(7-10(2)14(9)4)8-12(3,13)11(16)17-5/h9-10H,6-8,13H2,1-5H3. The number of nitrogens with zero attached hydrogens (tertiary/aromatic N) is 2. The molecule has 100 valence electrons. The van der Waals surface area contributed by atoms with E-state index in [4.69, 9.17) is 10.5 Å². The molecule has 0 aromatic rings. The van der Waals surface area contributed by atoms with Crippen molar-refractivity contribution in [3.8, 4) is 0 Å². The van der Waals surface area contributed by atoms with Crippen molar-refractivity contribution in [2.24, 2.45) is 5.73 Å². The van der Waals surface area contributed by atoms with Crippen molar-refractivity contribution in [1.29, 1.82) is 0 Å². The molecule has 1 aliphatic heterocycles. The van der Waals surface area contributed by atoms with Gasteiger partial charge in [-0.1, -0.05) is 0 Å². The number of piperazine rings is 1. The van der Waals surface area contributed by atoms with Gasteiger partial charge in [-0.2, -0.15) is 0 Å². The maximum atomic E-state index is 11.6. The third kappa shape index (κ3) is 3.40. The van der Waals surface area contributed by atoms with E-state index < -0.39 is 5.54 Å². The molecule has 17 heavy (non-hydrogen) atoms. The molecule has 3 atom stereocenters. The van der Waals surface area contributed by atoms with Crippen LogP contribution in [0.2, 0.25) is 0 Å². The summed E-state index contributed by atoms with van der Waals surface area (Å²) in [4.78, 5) is 16.1. The van der Waals surface area contributed by atoms with Gasteiger partial charge in [-0.3, -0.25) is 14.6 Å². The molecular weight excluding hydrogens is 218 g/mol. The summed E-state index contributed by atoms with van der Waals surface area (Å²) < 4.78 is 4.73. The third-order valence-corrected chi connectivity index (χ3v) is 3.64. The summed E-state index contributed by atoms with van der Waals surface area (Å²) in [5, 5.41) is 0. The topological polar surface area (TPSA) is 58.8 Å². The third-order valence-electron chi connectivity index (χ3n) is 3.64. The Morgan fingerprint density at radius 1 is 1.41 bits per heavy atom. The van der Waals surface area contributed by atoms with Crippen LogP contribution in [0, 0.1) is 0 Å². The van der Waals surface area contributed by atoms with E-state index in [-0.39, 0.29) is 5.97 Å². The van der Waals surface area contributed by atoms with Crippen molar-refractivity contribution < 1.29 is 9.53 Å². The summed E-state index contributed by atoms with van der Waals surface area (Å²) in [6.45, 7) is 8.52. The molecule has 0 spiro atoms. The summed E-state index contributed by atoms with van der Waals surface area (Å²) in [6, 6.07) is 0.958. The molecule has 2 N–H and O–H groups in total. The number of carbonyl (C=O) groups is 1. The zero-order chi connectivity index (χ0) is 13.2. The predicted molar refractivity (Wildman–Crippen MR) is 67.7 cm³/mol. The first kappa shape index (κ1) is 14.4. The summed E-state index contributed by atoms with van der Waals surface area (Å²) in [7, 11) is 3.51. The van der Waals surface area contributed by atoms with Gasteiger partial charge < -0.3 is 10.5 Å². The Hall–Kier alpha value is -0.650. The number of hydrogen-bond donors (Lipinski definition) is 1. The molecule has 5 nitrogen and oxygen atoms in total. The summed E-state index contributed by atoms with van der Waals surface area (Å²) in [6.07, 6.45) is 0. The van der Waals surface area contributed by atoms with Crippen LogP contribution in [0.4, 0.5) is 0 Å². The van der Waals surface area contributed by atoms with Gasteiger partial charge in [0.15, 0.2) is 0 Å². The van der Waals surface area contributed by atoms with E-state index in [9.17, 15) is 4.79 Å². The Morgan fingerprint density at radius 2 is 1.88 bits per heavy atom. The second-order valence-corrected chi connectivity index (χ2v) is 5.47. The minimum absolute atomic E-state index is 0.350. The first-order chi connectivity index (χ1) is 7.77. The highest BCUT2D eigenvalue weighted by molar-refractivity contribution is 5.80. The molecule has 0 aromatic carbocycles. The molecule has 0 radical (unpaired) electrons. The van der Waals surface area contributed by atoms with Crippen LogP contribution in [0.25, 0.3) is 0 Å². The van der Waals surface area contributed by atoms with Crippen LogP contribution >= 0.6 is 0 Å². The molecule has 0 saturated carbocycles.